The lowest BCUT2D eigenvalue weighted by molar-refractivity contribution is 1.34. The van der Waals surface area contributed by atoms with Crippen LogP contribution >= 0.6 is 0 Å². The van der Waals surface area contributed by atoms with Crippen molar-refractivity contribution in [2.45, 2.75) is 6.42 Å². The summed E-state index contributed by atoms with van der Waals surface area (Å²) >= 11 is 0. The summed E-state index contributed by atoms with van der Waals surface area (Å²) in [6.07, 6.45) is 6.92. The van der Waals surface area contributed by atoms with Crippen LogP contribution in [0.3, 0.4) is 0 Å². The number of aliphatic imine (C=N–C) groups is 1. The molecule has 0 spiro atoms. The molecule has 0 bridgehead atoms. The molecule has 0 atom stereocenters. The molecule has 1 N–H and O–H groups in total. The minimum atomic E-state index is 0.908. The number of rotatable bonds is 0. The molecule has 2 aromatic rings. The number of nitrogens with one attached hydrogen (secondary N) is 1. The van der Waals surface area contributed by atoms with Crippen LogP contribution in [-0.2, 0) is 0 Å². The van der Waals surface area contributed by atoms with E-state index in [1.165, 1.54) is 16.1 Å². The second-order valence-electron chi connectivity index (χ2n) is 3.40. The Hall–Kier alpha value is -1.83. The summed E-state index contributed by atoms with van der Waals surface area (Å²) in [4.78, 5) is 7.55. The number of nitrogens with zero attached hydrogens (tertiary/aromatic N) is 1. The molecule has 1 aromatic heterocycles. The van der Waals surface area contributed by atoms with Crippen molar-refractivity contribution in [3.05, 3.63) is 34.8 Å². The van der Waals surface area contributed by atoms with Gasteiger partial charge in [0.15, 0.2) is 0 Å². The van der Waals surface area contributed by atoms with Gasteiger partial charge in [-0.2, -0.15) is 0 Å². The van der Waals surface area contributed by atoms with Crippen LogP contribution in [0.4, 0.5) is 0 Å². The fraction of sp³-hybridized carbons (Fsp3) is 0.0833. The van der Waals surface area contributed by atoms with Crippen molar-refractivity contribution in [2.75, 3.05) is 0 Å². The number of H-pyrrole nitrogens is 1. The molecular weight excluding hydrogens is 172 g/mol. The number of hydrogen-bond donors (Lipinski definition) is 1. The van der Waals surface area contributed by atoms with Crippen LogP contribution in [0.15, 0.2) is 29.3 Å². The summed E-state index contributed by atoms with van der Waals surface area (Å²) in [5, 5.41) is 3.67. The zero-order valence-corrected chi connectivity index (χ0v) is 7.70. The summed E-state index contributed by atoms with van der Waals surface area (Å²) < 4.78 is 0. The van der Waals surface area contributed by atoms with Gasteiger partial charge in [-0.3, -0.25) is 4.99 Å². The first-order chi connectivity index (χ1) is 6.95. The minimum Gasteiger partial charge on any atom is -0.353 e. The maximum Gasteiger partial charge on any atom is 0.0647 e. The van der Waals surface area contributed by atoms with Crippen LogP contribution in [0.5, 0.6) is 0 Å². The average Bonchev–Trinajstić information content (AvgIpc) is 2.42. The van der Waals surface area contributed by atoms with Gasteiger partial charge in [-0.1, -0.05) is 24.3 Å². The third-order valence-corrected chi connectivity index (χ3v) is 2.51. The number of aromatic amines is 1. The Bertz CT molecular complexity index is 617. The lowest BCUT2D eigenvalue weighted by atomic mass is 10.2. The van der Waals surface area contributed by atoms with Gasteiger partial charge in [-0.25, -0.2) is 0 Å². The van der Waals surface area contributed by atoms with Crippen molar-refractivity contribution in [1.29, 1.82) is 0 Å². The van der Waals surface area contributed by atoms with Crippen molar-refractivity contribution >= 4 is 29.4 Å². The van der Waals surface area contributed by atoms with Gasteiger partial charge in [0, 0.05) is 28.8 Å². The van der Waals surface area contributed by atoms with Gasteiger partial charge in [0.05, 0.1) is 11.5 Å². The van der Waals surface area contributed by atoms with Gasteiger partial charge >= 0.3 is 0 Å². The van der Waals surface area contributed by atoms with Crippen molar-refractivity contribution in [2.24, 2.45) is 4.99 Å². The third-order valence-electron chi connectivity index (χ3n) is 2.51. The Balaban J connectivity index is 2.57. The molecule has 0 saturated carbocycles. The van der Waals surface area contributed by atoms with Crippen LogP contribution in [0.1, 0.15) is 6.42 Å². The Morgan fingerprint density at radius 3 is 3.14 bits per heavy atom. The van der Waals surface area contributed by atoms with E-state index < -0.39 is 0 Å². The van der Waals surface area contributed by atoms with E-state index in [9.17, 15) is 0 Å². The summed E-state index contributed by atoms with van der Waals surface area (Å²) in [5.74, 6) is 0. The monoisotopic (exact) mass is 182 g/mol. The van der Waals surface area contributed by atoms with Crippen LogP contribution in [0, 0.1) is 0 Å². The smallest absolute Gasteiger partial charge is 0.0647 e. The second-order valence-corrected chi connectivity index (χ2v) is 3.40. The lowest BCUT2D eigenvalue weighted by Crippen LogP contribution is -2.21. The van der Waals surface area contributed by atoms with Crippen LogP contribution < -0.4 is 10.6 Å². The highest BCUT2D eigenvalue weighted by Gasteiger charge is 1.98. The first kappa shape index (κ1) is 7.56. The zero-order chi connectivity index (χ0) is 9.38. The zero-order valence-electron chi connectivity index (χ0n) is 7.70. The van der Waals surface area contributed by atoms with Crippen LogP contribution in [0.2, 0.25) is 0 Å². The normalized spacial score (nSPS) is 14.3. The molecule has 0 aliphatic carbocycles. The lowest BCUT2D eigenvalue weighted by Gasteiger charge is -1.86. The third kappa shape index (κ3) is 1.01. The van der Waals surface area contributed by atoms with E-state index in [1.807, 2.05) is 18.5 Å². The van der Waals surface area contributed by atoms with E-state index in [-0.39, 0.29) is 0 Å². The first-order valence-electron chi connectivity index (χ1n) is 4.74. The average molecular weight is 182 g/mol. The molecule has 0 unspecified atom stereocenters. The van der Waals surface area contributed by atoms with Crippen LogP contribution in [-0.4, -0.2) is 11.2 Å². The van der Waals surface area contributed by atoms with Crippen molar-refractivity contribution in [3.63, 3.8) is 0 Å². The predicted octanol–water partition coefficient (Wildman–Crippen LogP) is 1.16. The SMILES string of the molecule is C1=NC=c2[nH]c3ccccc3c2=CC1. The fourth-order valence-electron chi connectivity index (χ4n) is 1.86. The number of para-hydroxylation sites is 1. The Labute approximate surface area is 81.3 Å². The van der Waals surface area contributed by atoms with Gasteiger partial charge in [0.1, 0.15) is 0 Å². The van der Waals surface area contributed by atoms with E-state index in [0.29, 0.717) is 0 Å². The summed E-state index contributed by atoms with van der Waals surface area (Å²) in [6, 6.07) is 8.34. The maximum atomic E-state index is 4.19. The van der Waals surface area contributed by atoms with Gasteiger partial charge < -0.3 is 4.98 Å². The molecular formula is C12H10N2. The molecule has 14 heavy (non-hydrogen) atoms. The van der Waals surface area contributed by atoms with E-state index >= 15 is 0 Å². The van der Waals surface area contributed by atoms with E-state index in [0.717, 1.165) is 11.8 Å². The molecule has 2 heterocycles. The molecule has 68 valence electrons. The van der Waals surface area contributed by atoms with Crippen molar-refractivity contribution in [3.8, 4) is 0 Å². The highest BCUT2D eigenvalue weighted by Crippen LogP contribution is 2.04. The van der Waals surface area contributed by atoms with Crippen LogP contribution in [0.25, 0.3) is 23.2 Å². The van der Waals surface area contributed by atoms with Gasteiger partial charge in [0.25, 0.3) is 0 Å². The number of aromatic nitrogens is 1. The molecule has 0 amide bonds. The van der Waals surface area contributed by atoms with Gasteiger partial charge in [0.2, 0.25) is 0 Å². The van der Waals surface area contributed by atoms with Gasteiger partial charge in [-0.05, 0) is 6.07 Å². The van der Waals surface area contributed by atoms with Crippen molar-refractivity contribution in [1.82, 2.24) is 4.98 Å². The number of fused-ring (bicyclic) bond motifs is 3. The Kier molecular flexibility index (Phi) is 1.53. The van der Waals surface area contributed by atoms with E-state index in [1.54, 1.807) is 0 Å². The number of hydrogen-bond acceptors (Lipinski definition) is 1. The summed E-state index contributed by atoms with van der Waals surface area (Å²) in [7, 11) is 0. The van der Waals surface area contributed by atoms with E-state index in [2.05, 4.69) is 34.3 Å². The standard InChI is InChI=1S/C12H10N2/c1-2-6-11-9(4-1)10-5-3-7-13-8-12(10)14-11/h1-2,4-8,14H,3H2. The Morgan fingerprint density at radius 2 is 2.14 bits per heavy atom. The maximum absolute atomic E-state index is 4.19. The van der Waals surface area contributed by atoms with Crippen molar-refractivity contribution < 1.29 is 0 Å². The molecule has 2 heteroatoms. The molecule has 1 aliphatic heterocycles. The quantitative estimate of drug-likeness (QED) is 0.633. The highest BCUT2D eigenvalue weighted by molar-refractivity contribution is 5.83. The molecule has 0 fully saturated rings. The molecule has 3 rings (SSSR count). The molecule has 2 nitrogen and oxygen atoms in total. The molecule has 1 aromatic carbocycles. The second kappa shape index (κ2) is 2.84. The highest BCUT2D eigenvalue weighted by atomic mass is 14.7. The molecule has 1 aliphatic rings. The summed E-state index contributed by atoms with van der Waals surface area (Å²) in [5.41, 5.74) is 1.18. The number of benzene rings is 1. The molecule has 0 saturated heterocycles. The van der Waals surface area contributed by atoms with Gasteiger partial charge in [-0.15, -0.1) is 0 Å². The minimum absolute atomic E-state index is 0.908. The predicted molar refractivity (Wildman–Crippen MR) is 59.6 cm³/mol. The Morgan fingerprint density at radius 1 is 1.21 bits per heavy atom. The van der Waals surface area contributed by atoms with E-state index in [4.69, 9.17) is 0 Å². The largest absolute Gasteiger partial charge is 0.353 e. The summed E-state index contributed by atoms with van der Waals surface area (Å²) in [6.45, 7) is 0. The fourth-order valence-corrected chi connectivity index (χ4v) is 1.86. The topological polar surface area (TPSA) is 28.1 Å². The molecule has 0 radical (unpaired) electrons. The first-order valence-corrected chi connectivity index (χ1v) is 4.74.